The maximum Gasteiger partial charge on any atom is 0.222 e. The lowest BCUT2D eigenvalue weighted by Gasteiger charge is -2.47. The first-order valence-corrected chi connectivity index (χ1v) is 9.17. The Hall–Kier alpha value is -2.21. The second-order valence-electron chi connectivity index (χ2n) is 7.16. The summed E-state index contributed by atoms with van der Waals surface area (Å²) in [6.45, 7) is 3.92. The molecule has 2 fully saturated rings. The van der Waals surface area contributed by atoms with E-state index in [4.69, 9.17) is 0 Å². The topological polar surface area (TPSA) is 65.1 Å². The molecule has 2 aromatic heterocycles. The maximum atomic E-state index is 12.5. The summed E-state index contributed by atoms with van der Waals surface area (Å²) >= 11 is 0. The van der Waals surface area contributed by atoms with E-state index in [0.717, 1.165) is 51.1 Å². The van der Waals surface area contributed by atoms with Gasteiger partial charge in [0.1, 0.15) is 0 Å². The Kier molecular flexibility index (Phi) is 4.78. The molecule has 2 atom stereocenters. The molecular weight excluding hydrogens is 314 g/mol. The molecule has 2 aliphatic rings. The summed E-state index contributed by atoms with van der Waals surface area (Å²) in [5.41, 5.74) is 2.42. The van der Waals surface area contributed by atoms with Crippen LogP contribution >= 0.6 is 0 Å². The zero-order valence-electron chi connectivity index (χ0n) is 14.5. The van der Waals surface area contributed by atoms with Crippen molar-refractivity contribution in [1.29, 1.82) is 0 Å². The number of carbonyl (C=O) groups excluding carboxylic acids is 1. The third-order valence-corrected chi connectivity index (χ3v) is 5.56. The van der Waals surface area contributed by atoms with Gasteiger partial charge in [0.15, 0.2) is 0 Å². The first-order chi connectivity index (χ1) is 12.3. The van der Waals surface area contributed by atoms with E-state index in [2.05, 4.69) is 36.9 Å². The van der Waals surface area contributed by atoms with Crippen LogP contribution in [0, 0.1) is 5.92 Å². The second-order valence-corrected chi connectivity index (χ2v) is 7.16. The van der Waals surface area contributed by atoms with Gasteiger partial charge in [0, 0.05) is 69.3 Å². The number of hydrogen-bond acceptors (Lipinski definition) is 4. The standard InChI is InChI=1S/C19H25N5O/c25-19-2-1-16-13-23(12-15-3-7-20-8-4-15)9-6-18(16)24(19)10-5-17-11-21-14-22-17/h3-4,7-8,11,14,16,18H,1-2,5-6,9-10,12-13H2,(H,21,22)/t16-,18+/m1/s1. The van der Waals surface area contributed by atoms with Gasteiger partial charge in [-0.25, -0.2) is 4.98 Å². The number of H-pyrrole nitrogens is 1. The highest BCUT2D eigenvalue weighted by atomic mass is 16.2. The molecule has 132 valence electrons. The van der Waals surface area contributed by atoms with Crippen molar-refractivity contribution in [2.45, 2.75) is 38.3 Å². The number of rotatable bonds is 5. The molecular formula is C19H25N5O. The average Bonchev–Trinajstić information content (AvgIpc) is 3.15. The molecule has 1 N–H and O–H groups in total. The van der Waals surface area contributed by atoms with Crippen LogP contribution in [0.5, 0.6) is 0 Å². The van der Waals surface area contributed by atoms with Gasteiger partial charge < -0.3 is 9.88 Å². The molecule has 0 aliphatic carbocycles. The predicted molar refractivity (Wildman–Crippen MR) is 94.6 cm³/mol. The van der Waals surface area contributed by atoms with E-state index in [9.17, 15) is 4.79 Å². The number of amides is 1. The minimum absolute atomic E-state index is 0.323. The molecule has 2 aliphatic heterocycles. The van der Waals surface area contributed by atoms with Crippen molar-refractivity contribution in [3.8, 4) is 0 Å². The number of aromatic amines is 1. The average molecular weight is 339 g/mol. The molecule has 1 amide bonds. The van der Waals surface area contributed by atoms with E-state index in [0.29, 0.717) is 24.3 Å². The van der Waals surface area contributed by atoms with Crippen LogP contribution < -0.4 is 0 Å². The summed E-state index contributed by atoms with van der Waals surface area (Å²) in [5, 5.41) is 0. The normalized spacial score (nSPS) is 24.3. The molecule has 2 saturated heterocycles. The molecule has 0 bridgehead atoms. The molecule has 25 heavy (non-hydrogen) atoms. The van der Waals surface area contributed by atoms with Crippen molar-refractivity contribution < 1.29 is 4.79 Å². The third-order valence-electron chi connectivity index (χ3n) is 5.56. The van der Waals surface area contributed by atoms with Gasteiger partial charge in [-0.05, 0) is 36.5 Å². The van der Waals surface area contributed by atoms with E-state index in [1.54, 1.807) is 6.33 Å². The van der Waals surface area contributed by atoms with E-state index >= 15 is 0 Å². The number of imidazole rings is 1. The smallest absolute Gasteiger partial charge is 0.222 e. The van der Waals surface area contributed by atoms with Gasteiger partial charge in [0.2, 0.25) is 5.91 Å². The lowest BCUT2D eigenvalue weighted by Crippen LogP contribution is -2.56. The Morgan fingerprint density at radius 3 is 2.88 bits per heavy atom. The largest absolute Gasteiger partial charge is 0.348 e. The van der Waals surface area contributed by atoms with Gasteiger partial charge in [0.25, 0.3) is 0 Å². The highest BCUT2D eigenvalue weighted by Gasteiger charge is 2.38. The monoisotopic (exact) mass is 339 g/mol. The molecule has 0 saturated carbocycles. The van der Waals surface area contributed by atoms with Crippen LogP contribution in [-0.2, 0) is 17.8 Å². The second kappa shape index (κ2) is 7.35. The van der Waals surface area contributed by atoms with Crippen LogP contribution in [0.1, 0.15) is 30.5 Å². The number of piperidine rings is 2. The quantitative estimate of drug-likeness (QED) is 0.903. The van der Waals surface area contributed by atoms with Crippen molar-refractivity contribution in [3.63, 3.8) is 0 Å². The number of aromatic nitrogens is 3. The van der Waals surface area contributed by atoms with Gasteiger partial charge in [-0.15, -0.1) is 0 Å². The van der Waals surface area contributed by atoms with Crippen LogP contribution in [0.25, 0.3) is 0 Å². The predicted octanol–water partition coefficient (Wildman–Crippen LogP) is 1.86. The molecule has 6 heteroatoms. The number of fused-ring (bicyclic) bond motifs is 1. The Morgan fingerprint density at radius 2 is 2.08 bits per heavy atom. The van der Waals surface area contributed by atoms with E-state index < -0.39 is 0 Å². The molecule has 0 spiro atoms. The van der Waals surface area contributed by atoms with E-state index in [1.807, 2.05) is 18.6 Å². The number of nitrogens with one attached hydrogen (secondary N) is 1. The first-order valence-electron chi connectivity index (χ1n) is 9.17. The number of pyridine rings is 1. The minimum Gasteiger partial charge on any atom is -0.348 e. The van der Waals surface area contributed by atoms with Gasteiger partial charge in [0.05, 0.1) is 6.33 Å². The zero-order valence-corrected chi connectivity index (χ0v) is 14.5. The Labute approximate surface area is 148 Å². The number of hydrogen-bond donors (Lipinski definition) is 1. The molecule has 0 unspecified atom stereocenters. The highest BCUT2D eigenvalue weighted by molar-refractivity contribution is 5.77. The molecule has 4 rings (SSSR count). The Bertz CT molecular complexity index is 687. The highest BCUT2D eigenvalue weighted by Crippen LogP contribution is 2.32. The molecule has 4 heterocycles. The summed E-state index contributed by atoms with van der Waals surface area (Å²) in [6.07, 6.45) is 10.9. The van der Waals surface area contributed by atoms with Crippen LogP contribution in [0.4, 0.5) is 0 Å². The molecule has 0 radical (unpaired) electrons. The van der Waals surface area contributed by atoms with Gasteiger partial charge in [-0.3, -0.25) is 14.7 Å². The van der Waals surface area contributed by atoms with Crippen LogP contribution in [-0.4, -0.2) is 56.3 Å². The summed E-state index contributed by atoms with van der Waals surface area (Å²) in [4.78, 5) is 28.4. The van der Waals surface area contributed by atoms with E-state index in [-0.39, 0.29) is 0 Å². The Balaban J connectivity index is 1.37. The summed E-state index contributed by atoms with van der Waals surface area (Å²) < 4.78 is 0. The van der Waals surface area contributed by atoms with Gasteiger partial charge in [-0.1, -0.05) is 0 Å². The third kappa shape index (κ3) is 3.74. The molecule has 0 aromatic carbocycles. The fraction of sp³-hybridized carbons (Fsp3) is 0.526. The minimum atomic E-state index is 0.323. The summed E-state index contributed by atoms with van der Waals surface area (Å²) in [5.74, 6) is 0.915. The fourth-order valence-corrected chi connectivity index (χ4v) is 4.27. The lowest BCUT2D eigenvalue weighted by molar-refractivity contribution is -0.141. The van der Waals surface area contributed by atoms with Crippen molar-refractivity contribution in [1.82, 2.24) is 24.8 Å². The van der Waals surface area contributed by atoms with Crippen LogP contribution in [0.2, 0.25) is 0 Å². The van der Waals surface area contributed by atoms with Crippen molar-refractivity contribution >= 4 is 5.91 Å². The Morgan fingerprint density at radius 1 is 1.20 bits per heavy atom. The number of likely N-dealkylation sites (tertiary alicyclic amines) is 2. The maximum absolute atomic E-state index is 12.5. The van der Waals surface area contributed by atoms with Crippen molar-refractivity contribution in [2.75, 3.05) is 19.6 Å². The van der Waals surface area contributed by atoms with Crippen LogP contribution in [0.3, 0.4) is 0 Å². The lowest BCUT2D eigenvalue weighted by atomic mass is 9.83. The SMILES string of the molecule is O=C1CC[C@@H]2CN(Cc3ccncc3)CC[C@@H]2N1CCc1cnc[nH]1. The number of nitrogens with zero attached hydrogens (tertiary/aromatic N) is 4. The van der Waals surface area contributed by atoms with E-state index in [1.165, 1.54) is 5.56 Å². The van der Waals surface area contributed by atoms with Gasteiger partial charge in [-0.2, -0.15) is 0 Å². The van der Waals surface area contributed by atoms with Crippen molar-refractivity contribution in [3.05, 3.63) is 48.3 Å². The number of carbonyl (C=O) groups is 1. The molecule has 6 nitrogen and oxygen atoms in total. The summed E-state index contributed by atoms with van der Waals surface area (Å²) in [6, 6.07) is 4.58. The molecule has 2 aromatic rings. The van der Waals surface area contributed by atoms with Gasteiger partial charge >= 0.3 is 0 Å². The first kappa shape index (κ1) is 16.3. The fourth-order valence-electron chi connectivity index (χ4n) is 4.27. The summed E-state index contributed by atoms with van der Waals surface area (Å²) in [7, 11) is 0. The zero-order chi connectivity index (χ0) is 17.1. The van der Waals surface area contributed by atoms with Crippen molar-refractivity contribution in [2.24, 2.45) is 5.92 Å². The van der Waals surface area contributed by atoms with Crippen LogP contribution in [0.15, 0.2) is 37.1 Å².